The number of likely N-dealkylation sites (N-methyl/N-ethyl adjacent to an activating group) is 1. The Morgan fingerprint density at radius 3 is 2.29 bits per heavy atom. The summed E-state index contributed by atoms with van der Waals surface area (Å²) in [5.74, 6) is 0.823. The number of hydrogen-bond donors (Lipinski definition) is 0. The predicted octanol–water partition coefficient (Wildman–Crippen LogP) is 3.65. The van der Waals surface area contributed by atoms with Crippen LogP contribution in [0.25, 0.3) is 0 Å². The molecule has 0 radical (unpaired) electrons. The molecular formula is C19H22FNO3. The molecule has 0 fully saturated rings. The smallest absolute Gasteiger partial charge is 0.260 e. The van der Waals surface area contributed by atoms with Gasteiger partial charge in [-0.3, -0.25) is 4.79 Å². The Kier molecular flexibility index (Phi) is 6.61. The quantitative estimate of drug-likeness (QED) is 0.741. The van der Waals surface area contributed by atoms with Gasteiger partial charge in [-0.1, -0.05) is 25.1 Å². The van der Waals surface area contributed by atoms with Crippen LogP contribution in [0.15, 0.2) is 48.5 Å². The molecule has 2 aromatic carbocycles. The highest BCUT2D eigenvalue weighted by molar-refractivity contribution is 5.77. The van der Waals surface area contributed by atoms with E-state index in [-0.39, 0.29) is 24.9 Å². The Bertz CT molecular complexity index is 658. The van der Waals surface area contributed by atoms with Crippen LogP contribution in [-0.4, -0.2) is 31.1 Å². The Morgan fingerprint density at radius 1 is 1.04 bits per heavy atom. The van der Waals surface area contributed by atoms with Crippen molar-refractivity contribution >= 4 is 5.91 Å². The normalized spacial score (nSPS) is 10.3. The van der Waals surface area contributed by atoms with E-state index in [1.54, 1.807) is 49.5 Å². The molecule has 0 spiro atoms. The number of nitrogens with zero attached hydrogens (tertiary/aromatic N) is 1. The molecule has 128 valence electrons. The summed E-state index contributed by atoms with van der Waals surface area (Å²) in [4.78, 5) is 13.5. The maximum absolute atomic E-state index is 13.6. The number of carbonyl (C=O) groups excluding carboxylic acids is 1. The maximum atomic E-state index is 13.6. The summed E-state index contributed by atoms with van der Waals surface area (Å²) in [5, 5.41) is 0. The molecule has 2 aromatic rings. The van der Waals surface area contributed by atoms with Crippen LogP contribution in [0.1, 0.15) is 18.9 Å². The summed E-state index contributed by atoms with van der Waals surface area (Å²) >= 11 is 0. The highest BCUT2D eigenvalue weighted by atomic mass is 19.1. The first-order valence-electron chi connectivity index (χ1n) is 7.93. The second-order valence-electron chi connectivity index (χ2n) is 5.45. The van der Waals surface area contributed by atoms with Gasteiger partial charge in [0.1, 0.15) is 17.3 Å². The second kappa shape index (κ2) is 8.91. The van der Waals surface area contributed by atoms with Gasteiger partial charge >= 0.3 is 0 Å². The number of halogens is 1. The molecule has 0 atom stereocenters. The van der Waals surface area contributed by atoms with Crippen LogP contribution in [-0.2, 0) is 11.3 Å². The van der Waals surface area contributed by atoms with E-state index in [0.717, 1.165) is 12.2 Å². The molecule has 0 saturated carbocycles. The van der Waals surface area contributed by atoms with Crippen LogP contribution in [0.3, 0.4) is 0 Å². The van der Waals surface area contributed by atoms with E-state index in [0.29, 0.717) is 17.9 Å². The summed E-state index contributed by atoms with van der Waals surface area (Å²) in [6.45, 7) is 2.82. The van der Waals surface area contributed by atoms with Gasteiger partial charge in [0.15, 0.2) is 6.61 Å². The largest absolute Gasteiger partial charge is 0.494 e. The van der Waals surface area contributed by atoms with E-state index in [1.165, 1.54) is 11.0 Å². The summed E-state index contributed by atoms with van der Waals surface area (Å²) in [6.07, 6.45) is 0.946. The van der Waals surface area contributed by atoms with Crippen molar-refractivity contribution in [3.05, 3.63) is 59.9 Å². The van der Waals surface area contributed by atoms with E-state index >= 15 is 0 Å². The maximum Gasteiger partial charge on any atom is 0.260 e. The van der Waals surface area contributed by atoms with Crippen molar-refractivity contribution in [1.29, 1.82) is 0 Å². The second-order valence-corrected chi connectivity index (χ2v) is 5.45. The van der Waals surface area contributed by atoms with Crippen molar-refractivity contribution in [2.45, 2.75) is 19.9 Å². The molecule has 0 heterocycles. The minimum atomic E-state index is -0.319. The Balaban J connectivity index is 1.82. The van der Waals surface area contributed by atoms with Crippen molar-refractivity contribution in [2.24, 2.45) is 0 Å². The predicted molar refractivity (Wildman–Crippen MR) is 90.6 cm³/mol. The van der Waals surface area contributed by atoms with E-state index in [2.05, 4.69) is 0 Å². The molecule has 0 aliphatic carbocycles. The van der Waals surface area contributed by atoms with E-state index in [4.69, 9.17) is 9.47 Å². The zero-order chi connectivity index (χ0) is 17.4. The van der Waals surface area contributed by atoms with Gasteiger partial charge in [-0.05, 0) is 36.8 Å². The first-order chi connectivity index (χ1) is 11.6. The third-order valence-corrected chi connectivity index (χ3v) is 3.45. The molecule has 0 N–H and O–H groups in total. The first-order valence-corrected chi connectivity index (χ1v) is 7.93. The minimum absolute atomic E-state index is 0.0971. The van der Waals surface area contributed by atoms with E-state index in [1.807, 2.05) is 6.92 Å². The van der Waals surface area contributed by atoms with Gasteiger partial charge in [0.2, 0.25) is 0 Å². The number of benzene rings is 2. The van der Waals surface area contributed by atoms with Gasteiger partial charge in [0.25, 0.3) is 5.91 Å². The van der Waals surface area contributed by atoms with Gasteiger partial charge in [0.05, 0.1) is 6.61 Å². The molecule has 24 heavy (non-hydrogen) atoms. The lowest BCUT2D eigenvalue weighted by molar-refractivity contribution is -0.132. The van der Waals surface area contributed by atoms with Crippen molar-refractivity contribution in [3.63, 3.8) is 0 Å². The molecule has 0 aromatic heterocycles. The number of ether oxygens (including phenoxy) is 2. The highest BCUT2D eigenvalue weighted by Crippen LogP contribution is 2.18. The summed E-state index contributed by atoms with van der Waals surface area (Å²) in [5.41, 5.74) is 0.478. The highest BCUT2D eigenvalue weighted by Gasteiger charge is 2.12. The minimum Gasteiger partial charge on any atom is -0.494 e. The fourth-order valence-electron chi connectivity index (χ4n) is 2.08. The molecule has 0 saturated heterocycles. The molecule has 0 bridgehead atoms. The van der Waals surface area contributed by atoms with Crippen molar-refractivity contribution < 1.29 is 18.7 Å². The number of rotatable bonds is 8. The van der Waals surface area contributed by atoms with Gasteiger partial charge in [-0.25, -0.2) is 4.39 Å². The van der Waals surface area contributed by atoms with E-state index in [9.17, 15) is 9.18 Å². The summed E-state index contributed by atoms with van der Waals surface area (Å²) in [7, 11) is 1.62. The van der Waals surface area contributed by atoms with Crippen LogP contribution in [0.4, 0.5) is 4.39 Å². The lowest BCUT2D eigenvalue weighted by Gasteiger charge is -2.18. The monoisotopic (exact) mass is 331 g/mol. The molecule has 5 heteroatoms. The number of amides is 1. The Labute approximate surface area is 141 Å². The van der Waals surface area contributed by atoms with Gasteiger partial charge in [0, 0.05) is 19.2 Å². The van der Waals surface area contributed by atoms with Crippen LogP contribution in [0.2, 0.25) is 0 Å². The third kappa shape index (κ3) is 5.26. The zero-order valence-electron chi connectivity index (χ0n) is 14.0. The lowest BCUT2D eigenvalue weighted by Crippen LogP contribution is -2.31. The van der Waals surface area contributed by atoms with Crippen molar-refractivity contribution in [1.82, 2.24) is 4.90 Å². The molecule has 0 aliphatic rings. The van der Waals surface area contributed by atoms with Crippen LogP contribution < -0.4 is 9.47 Å². The summed E-state index contributed by atoms with van der Waals surface area (Å²) < 4.78 is 24.6. The summed E-state index contributed by atoms with van der Waals surface area (Å²) in [6, 6.07) is 13.5. The molecule has 1 amide bonds. The molecule has 0 aliphatic heterocycles. The molecule has 0 unspecified atom stereocenters. The fraction of sp³-hybridized carbons (Fsp3) is 0.316. The van der Waals surface area contributed by atoms with Crippen molar-refractivity contribution in [2.75, 3.05) is 20.3 Å². The fourth-order valence-corrected chi connectivity index (χ4v) is 2.08. The van der Waals surface area contributed by atoms with Crippen LogP contribution in [0.5, 0.6) is 11.5 Å². The lowest BCUT2D eigenvalue weighted by atomic mass is 10.2. The standard InChI is InChI=1S/C19H22FNO3/c1-3-12-23-16-8-10-17(11-9-16)24-14-19(22)21(2)13-15-6-4-5-7-18(15)20/h4-11H,3,12-14H2,1-2H3. The average molecular weight is 331 g/mol. The van der Waals surface area contributed by atoms with Crippen molar-refractivity contribution in [3.8, 4) is 11.5 Å². The Morgan fingerprint density at radius 2 is 1.67 bits per heavy atom. The van der Waals surface area contributed by atoms with Gasteiger partial charge in [-0.15, -0.1) is 0 Å². The Hall–Kier alpha value is -2.56. The van der Waals surface area contributed by atoms with Crippen LogP contribution in [0, 0.1) is 5.82 Å². The first kappa shape index (κ1) is 17.8. The topological polar surface area (TPSA) is 38.8 Å². The average Bonchev–Trinajstić information content (AvgIpc) is 2.60. The molecular weight excluding hydrogens is 309 g/mol. The molecule has 4 nitrogen and oxygen atoms in total. The number of hydrogen-bond acceptors (Lipinski definition) is 3. The zero-order valence-corrected chi connectivity index (χ0v) is 14.0. The van der Waals surface area contributed by atoms with Crippen LogP contribution >= 0.6 is 0 Å². The molecule has 2 rings (SSSR count). The SMILES string of the molecule is CCCOc1ccc(OCC(=O)N(C)Cc2ccccc2F)cc1. The third-order valence-electron chi connectivity index (χ3n) is 3.45. The van der Waals surface area contributed by atoms with Gasteiger partial charge in [-0.2, -0.15) is 0 Å². The van der Waals surface area contributed by atoms with E-state index < -0.39 is 0 Å². The number of carbonyl (C=O) groups is 1. The van der Waals surface area contributed by atoms with Gasteiger partial charge < -0.3 is 14.4 Å².